The molecular weight excluding hydrogens is 334 g/mol. The minimum atomic E-state index is 0.174. The fraction of sp³-hybridized carbons (Fsp3) is 0.444. The van der Waals surface area contributed by atoms with E-state index in [4.69, 9.17) is 4.74 Å². The SMILES string of the molecule is Cc1cnc(C)c(OC2CCN(c3ncnc4c(C)csc34)CC2)n1. The summed E-state index contributed by atoms with van der Waals surface area (Å²) in [5, 5.41) is 2.15. The molecule has 25 heavy (non-hydrogen) atoms. The first-order valence-corrected chi connectivity index (χ1v) is 9.40. The van der Waals surface area contributed by atoms with Crippen LogP contribution in [-0.2, 0) is 0 Å². The van der Waals surface area contributed by atoms with Crippen molar-refractivity contribution in [3.8, 4) is 5.88 Å². The van der Waals surface area contributed by atoms with Crippen molar-refractivity contribution in [3.05, 3.63) is 34.9 Å². The van der Waals surface area contributed by atoms with Gasteiger partial charge >= 0.3 is 0 Å². The average Bonchev–Trinajstić information content (AvgIpc) is 3.00. The van der Waals surface area contributed by atoms with Crippen LogP contribution in [0.2, 0.25) is 0 Å². The molecule has 0 aliphatic carbocycles. The largest absolute Gasteiger partial charge is 0.473 e. The molecule has 0 N–H and O–H groups in total. The van der Waals surface area contributed by atoms with E-state index in [1.807, 2.05) is 13.8 Å². The Balaban J connectivity index is 1.47. The molecule has 1 aliphatic rings. The highest BCUT2D eigenvalue weighted by Crippen LogP contribution is 2.32. The van der Waals surface area contributed by atoms with Crippen molar-refractivity contribution in [1.29, 1.82) is 0 Å². The molecule has 6 nitrogen and oxygen atoms in total. The average molecular weight is 355 g/mol. The molecule has 4 heterocycles. The molecule has 0 radical (unpaired) electrons. The first-order valence-electron chi connectivity index (χ1n) is 8.52. The van der Waals surface area contributed by atoms with Gasteiger partial charge in [-0.2, -0.15) is 0 Å². The van der Waals surface area contributed by atoms with Gasteiger partial charge in [0.25, 0.3) is 0 Å². The van der Waals surface area contributed by atoms with Crippen LogP contribution in [0.3, 0.4) is 0 Å². The lowest BCUT2D eigenvalue weighted by molar-refractivity contribution is 0.161. The molecule has 1 fully saturated rings. The summed E-state index contributed by atoms with van der Waals surface area (Å²) in [5.41, 5.74) is 4.02. The van der Waals surface area contributed by atoms with Gasteiger partial charge in [0.1, 0.15) is 18.2 Å². The minimum Gasteiger partial charge on any atom is -0.473 e. The number of thiophene rings is 1. The van der Waals surface area contributed by atoms with E-state index in [1.54, 1.807) is 23.9 Å². The Kier molecular flexibility index (Phi) is 4.25. The number of rotatable bonds is 3. The normalized spacial score (nSPS) is 15.7. The zero-order chi connectivity index (χ0) is 17.4. The lowest BCUT2D eigenvalue weighted by Crippen LogP contribution is -2.39. The van der Waals surface area contributed by atoms with Crippen molar-refractivity contribution in [2.45, 2.75) is 39.7 Å². The number of aryl methyl sites for hydroxylation is 3. The number of hydrogen-bond acceptors (Lipinski definition) is 7. The third kappa shape index (κ3) is 3.16. The predicted molar refractivity (Wildman–Crippen MR) is 99.5 cm³/mol. The Labute approximate surface area is 150 Å². The minimum absolute atomic E-state index is 0.174. The van der Waals surface area contributed by atoms with Crippen molar-refractivity contribution in [2.24, 2.45) is 0 Å². The van der Waals surface area contributed by atoms with Gasteiger partial charge in [0.2, 0.25) is 5.88 Å². The summed E-state index contributed by atoms with van der Waals surface area (Å²) in [4.78, 5) is 20.1. The third-order valence-electron chi connectivity index (χ3n) is 4.56. The van der Waals surface area contributed by atoms with E-state index < -0.39 is 0 Å². The molecular formula is C18H21N5OS. The molecule has 0 saturated carbocycles. The Bertz CT molecular complexity index is 902. The van der Waals surface area contributed by atoms with E-state index in [2.05, 4.69) is 37.1 Å². The van der Waals surface area contributed by atoms with Crippen LogP contribution in [0.1, 0.15) is 29.8 Å². The second kappa shape index (κ2) is 6.55. The van der Waals surface area contributed by atoms with E-state index in [0.717, 1.165) is 48.7 Å². The Hall–Kier alpha value is -2.28. The summed E-state index contributed by atoms with van der Waals surface area (Å²) >= 11 is 1.73. The molecule has 130 valence electrons. The summed E-state index contributed by atoms with van der Waals surface area (Å²) in [6.45, 7) is 7.82. The highest BCUT2D eigenvalue weighted by Gasteiger charge is 2.24. The van der Waals surface area contributed by atoms with Gasteiger partial charge in [-0.3, -0.25) is 4.98 Å². The van der Waals surface area contributed by atoms with Gasteiger partial charge < -0.3 is 9.64 Å². The first-order chi connectivity index (χ1) is 12.1. The van der Waals surface area contributed by atoms with Crippen LogP contribution < -0.4 is 9.64 Å². The van der Waals surface area contributed by atoms with E-state index >= 15 is 0 Å². The van der Waals surface area contributed by atoms with Crippen LogP contribution in [-0.4, -0.2) is 39.1 Å². The quantitative estimate of drug-likeness (QED) is 0.717. The maximum Gasteiger partial charge on any atom is 0.235 e. The van der Waals surface area contributed by atoms with Crippen molar-refractivity contribution in [3.63, 3.8) is 0 Å². The Morgan fingerprint density at radius 1 is 1.12 bits per heavy atom. The smallest absolute Gasteiger partial charge is 0.235 e. The van der Waals surface area contributed by atoms with Crippen LogP contribution in [0.5, 0.6) is 5.88 Å². The van der Waals surface area contributed by atoms with Gasteiger partial charge in [0.15, 0.2) is 0 Å². The van der Waals surface area contributed by atoms with Crippen LogP contribution >= 0.6 is 11.3 Å². The van der Waals surface area contributed by atoms with Crippen LogP contribution in [0, 0.1) is 20.8 Å². The number of aromatic nitrogens is 4. The maximum atomic E-state index is 6.11. The number of ether oxygens (including phenoxy) is 1. The maximum absolute atomic E-state index is 6.11. The second-order valence-corrected chi connectivity index (χ2v) is 7.38. The molecule has 0 aromatic carbocycles. The zero-order valence-corrected chi connectivity index (χ0v) is 15.5. The molecule has 4 rings (SSSR count). The van der Waals surface area contributed by atoms with Gasteiger partial charge in [0.05, 0.1) is 21.6 Å². The highest BCUT2D eigenvalue weighted by atomic mass is 32.1. The molecule has 7 heteroatoms. The molecule has 0 bridgehead atoms. The van der Waals surface area contributed by atoms with E-state index in [9.17, 15) is 0 Å². The second-order valence-electron chi connectivity index (χ2n) is 6.50. The fourth-order valence-corrected chi connectivity index (χ4v) is 4.17. The van der Waals surface area contributed by atoms with Crippen molar-refractivity contribution >= 4 is 27.4 Å². The topological polar surface area (TPSA) is 64.0 Å². The zero-order valence-electron chi connectivity index (χ0n) is 14.7. The Morgan fingerprint density at radius 2 is 1.92 bits per heavy atom. The van der Waals surface area contributed by atoms with Crippen LogP contribution in [0.15, 0.2) is 17.9 Å². The van der Waals surface area contributed by atoms with Gasteiger partial charge in [0, 0.05) is 32.1 Å². The monoisotopic (exact) mass is 355 g/mol. The highest BCUT2D eigenvalue weighted by molar-refractivity contribution is 7.18. The summed E-state index contributed by atoms with van der Waals surface area (Å²) in [6.07, 6.45) is 5.52. The Morgan fingerprint density at radius 3 is 2.72 bits per heavy atom. The molecule has 3 aromatic heterocycles. The molecule has 0 amide bonds. The lowest BCUT2D eigenvalue weighted by atomic mass is 10.1. The van der Waals surface area contributed by atoms with Gasteiger partial charge in [-0.1, -0.05) is 0 Å². The third-order valence-corrected chi connectivity index (χ3v) is 5.65. The molecule has 1 saturated heterocycles. The van der Waals surface area contributed by atoms with Crippen molar-refractivity contribution in [2.75, 3.05) is 18.0 Å². The van der Waals surface area contributed by atoms with Gasteiger partial charge in [-0.25, -0.2) is 15.0 Å². The number of hydrogen-bond donors (Lipinski definition) is 0. The van der Waals surface area contributed by atoms with E-state index in [0.29, 0.717) is 5.88 Å². The molecule has 1 aliphatic heterocycles. The molecule has 0 spiro atoms. The number of piperidine rings is 1. The molecule has 0 atom stereocenters. The summed E-state index contributed by atoms with van der Waals surface area (Å²) < 4.78 is 7.29. The summed E-state index contributed by atoms with van der Waals surface area (Å²) in [6, 6.07) is 0. The van der Waals surface area contributed by atoms with Gasteiger partial charge in [-0.15, -0.1) is 11.3 Å². The van der Waals surface area contributed by atoms with E-state index in [1.165, 1.54) is 10.3 Å². The number of anilines is 1. The predicted octanol–water partition coefficient (Wildman–Crippen LogP) is 3.45. The fourth-order valence-electron chi connectivity index (χ4n) is 3.15. The lowest BCUT2D eigenvalue weighted by Gasteiger charge is -2.33. The van der Waals surface area contributed by atoms with Crippen molar-refractivity contribution in [1.82, 2.24) is 19.9 Å². The van der Waals surface area contributed by atoms with E-state index in [-0.39, 0.29) is 6.10 Å². The first kappa shape index (κ1) is 16.2. The summed E-state index contributed by atoms with van der Waals surface area (Å²) in [5.74, 6) is 1.71. The van der Waals surface area contributed by atoms with Crippen LogP contribution in [0.4, 0.5) is 5.82 Å². The van der Waals surface area contributed by atoms with Gasteiger partial charge in [-0.05, 0) is 31.7 Å². The molecule has 3 aromatic rings. The number of fused-ring (bicyclic) bond motifs is 1. The number of nitrogens with zero attached hydrogens (tertiary/aromatic N) is 5. The van der Waals surface area contributed by atoms with Crippen molar-refractivity contribution < 1.29 is 4.74 Å². The van der Waals surface area contributed by atoms with Crippen LogP contribution in [0.25, 0.3) is 10.2 Å². The molecule has 0 unspecified atom stereocenters. The summed E-state index contributed by atoms with van der Waals surface area (Å²) in [7, 11) is 0. The standard InChI is InChI=1S/C18H21N5OS/c1-11-9-25-16-15(11)20-10-21-17(16)23-6-4-14(5-7-23)24-18-13(3)19-8-12(2)22-18/h8-10,14H,4-7H2,1-3H3.